The lowest BCUT2D eigenvalue weighted by Gasteiger charge is -2.08. The van der Waals surface area contributed by atoms with Gasteiger partial charge in [0.2, 0.25) is 5.91 Å². The maximum atomic E-state index is 13.0. The van der Waals surface area contributed by atoms with Crippen molar-refractivity contribution in [2.45, 2.75) is 19.8 Å². The average molecular weight is 286 g/mol. The Labute approximate surface area is 124 Å². The number of hydrogen-bond acceptors (Lipinski definition) is 2. The van der Waals surface area contributed by atoms with Crippen molar-refractivity contribution in [3.63, 3.8) is 0 Å². The summed E-state index contributed by atoms with van der Waals surface area (Å²) in [5, 5.41) is 5.69. The molecule has 0 spiro atoms. The molecule has 1 amide bonds. The van der Waals surface area contributed by atoms with Gasteiger partial charge in [-0.2, -0.15) is 0 Å². The van der Waals surface area contributed by atoms with Gasteiger partial charge in [-0.05, 0) is 42.3 Å². The van der Waals surface area contributed by atoms with Crippen molar-refractivity contribution in [1.82, 2.24) is 0 Å². The Balaban J connectivity index is 1.83. The molecule has 0 aromatic heterocycles. The van der Waals surface area contributed by atoms with Gasteiger partial charge in [0, 0.05) is 11.4 Å². The lowest BCUT2D eigenvalue weighted by atomic mass is 10.1. The highest BCUT2D eigenvalue weighted by Crippen LogP contribution is 2.11. The Morgan fingerprint density at radius 1 is 1.10 bits per heavy atom. The molecule has 0 unspecified atom stereocenters. The van der Waals surface area contributed by atoms with E-state index >= 15 is 0 Å². The van der Waals surface area contributed by atoms with Crippen LogP contribution in [0.25, 0.3) is 0 Å². The highest BCUT2D eigenvalue weighted by molar-refractivity contribution is 5.93. The maximum Gasteiger partial charge on any atom is 0.243 e. The first-order valence-electron chi connectivity index (χ1n) is 7.05. The minimum Gasteiger partial charge on any atom is -0.376 e. The van der Waals surface area contributed by atoms with Gasteiger partial charge in [-0.1, -0.05) is 31.5 Å². The summed E-state index contributed by atoms with van der Waals surface area (Å²) in [5.74, 6) is -0.578. The van der Waals surface area contributed by atoms with E-state index in [9.17, 15) is 9.18 Å². The van der Waals surface area contributed by atoms with Crippen LogP contribution < -0.4 is 10.6 Å². The largest absolute Gasteiger partial charge is 0.376 e. The zero-order valence-corrected chi connectivity index (χ0v) is 12.0. The molecule has 2 N–H and O–H groups in total. The summed E-state index contributed by atoms with van der Waals surface area (Å²) in [6.07, 6.45) is 2.17. The zero-order valence-electron chi connectivity index (χ0n) is 12.0. The summed E-state index contributed by atoms with van der Waals surface area (Å²) in [6, 6.07) is 13.9. The van der Waals surface area contributed by atoms with E-state index in [4.69, 9.17) is 0 Å². The number of nitrogens with one attached hydrogen (secondary N) is 2. The van der Waals surface area contributed by atoms with E-state index < -0.39 is 0 Å². The van der Waals surface area contributed by atoms with Crippen molar-refractivity contribution < 1.29 is 9.18 Å². The fourth-order valence-electron chi connectivity index (χ4n) is 2.03. The van der Waals surface area contributed by atoms with Crippen molar-refractivity contribution in [2.75, 3.05) is 17.2 Å². The normalized spacial score (nSPS) is 10.2. The van der Waals surface area contributed by atoms with Gasteiger partial charge in [0.1, 0.15) is 5.82 Å². The van der Waals surface area contributed by atoms with Crippen molar-refractivity contribution in [2.24, 2.45) is 0 Å². The van der Waals surface area contributed by atoms with Crippen LogP contribution in [0, 0.1) is 5.82 Å². The number of carbonyl (C=O) groups excluding carboxylic acids is 1. The smallest absolute Gasteiger partial charge is 0.243 e. The summed E-state index contributed by atoms with van der Waals surface area (Å²) in [5.41, 5.74) is 2.64. The van der Waals surface area contributed by atoms with E-state index in [1.165, 1.54) is 17.7 Å². The fourth-order valence-corrected chi connectivity index (χ4v) is 2.03. The molecule has 0 saturated carbocycles. The van der Waals surface area contributed by atoms with Crippen LogP contribution in [0.5, 0.6) is 0 Å². The molecule has 21 heavy (non-hydrogen) atoms. The highest BCUT2D eigenvalue weighted by Gasteiger charge is 2.03. The minimum absolute atomic E-state index is 0.142. The Morgan fingerprint density at radius 3 is 2.52 bits per heavy atom. The van der Waals surface area contributed by atoms with Gasteiger partial charge in [-0.25, -0.2) is 4.39 Å². The number of hydrogen-bond donors (Lipinski definition) is 2. The first-order valence-corrected chi connectivity index (χ1v) is 7.05. The minimum atomic E-state index is -0.368. The first-order chi connectivity index (χ1) is 10.2. The van der Waals surface area contributed by atoms with Crippen LogP contribution >= 0.6 is 0 Å². The van der Waals surface area contributed by atoms with Gasteiger partial charge in [0.25, 0.3) is 0 Å². The molecule has 0 aliphatic heterocycles. The number of anilines is 2. The topological polar surface area (TPSA) is 41.1 Å². The molecule has 110 valence electrons. The average Bonchev–Trinajstić information content (AvgIpc) is 2.47. The highest BCUT2D eigenvalue weighted by atomic mass is 19.1. The van der Waals surface area contributed by atoms with Crippen LogP contribution in [0.2, 0.25) is 0 Å². The number of aryl methyl sites for hydroxylation is 1. The Kier molecular flexibility index (Phi) is 5.32. The summed E-state index contributed by atoms with van der Waals surface area (Å²) >= 11 is 0. The summed E-state index contributed by atoms with van der Waals surface area (Å²) in [6.45, 7) is 2.28. The number of carbonyl (C=O) groups is 1. The molecule has 0 heterocycles. The predicted molar refractivity (Wildman–Crippen MR) is 84.0 cm³/mol. The zero-order chi connectivity index (χ0) is 15.1. The molecule has 0 atom stereocenters. The van der Waals surface area contributed by atoms with E-state index in [1.54, 1.807) is 12.1 Å². The van der Waals surface area contributed by atoms with Crippen LogP contribution in [0.3, 0.4) is 0 Å². The first kappa shape index (κ1) is 15.0. The number of halogens is 1. The van der Waals surface area contributed by atoms with E-state index in [2.05, 4.69) is 29.7 Å². The number of amides is 1. The van der Waals surface area contributed by atoms with Crippen LogP contribution in [0.1, 0.15) is 18.9 Å². The Bertz CT molecular complexity index is 596. The summed E-state index contributed by atoms with van der Waals surface area (Å²) < 4.78 is 13.0. The molecule has 0 aliphatic rings. The van der Waals surface area contributed by atoms with Crippen LogP contribution in [0.4, 0.5) is 15.8 Å². The molecule has 0 radical (unpaired) electrons. The molecule has 2 rings (SSSR count). The SMILES string of the molecule is CCCc1ccc(NCC(=O)Nc2cccc(F)c2)cc1. The quantitative estimate of drug-likeness (QED) is 0.847. The lowest BCUT2D eigenvalue weighted by Crippen LogP contribution is -2.21. The molecule has 0 bridgehead atoms. The molecular formula is C17H19FN2O. The Hall–Kier alpha value is -2.36. The van der Waals surface area contributed by atoms with Crippen molar-refractivity contribution in [1.29, 1.82) is 0 Å². The summed E-state index contributed by atoms with van der Waals surface area (Å²) in [7, 11) is 0. The van der Waals surface area contributed by atoms with Crippen molar-refractivity contribution in [3.05, 3.63) is 59.9 Å². The molecule has 0 saturated heterocycles. The van der Waals surface area contributed by atoms with Crippen molar-refractivity contribution >= 4 is 17.3 Å². The third-order valence-electron chi connectivity index (χ3n) is 3.05. The van der Waals surface area contributed by atoms with E-state index in [0.29, 0.717) is 5.69 Å². The van der Waals surface area contributed by atoms with Gasteiger partial charge < -0.3 is 10.6 Å². The van der Waals surface area contributed by atoms with Crippen LogP contribution in [0.15, 0.2) is 48.5 Å². The Morgan fingerprint density at radius 2 is 1.86 bits per heavy atom. The second kappa shape index (κ2) is 7.43. The molecule has 2 aromatic carbocycles. The standard InChI is InChI=1S/C17H19FN2O/c1-2-4-13-7-9-15(10-8-13)19-12-17(21)20-16-6-3-5-14(18)11-16/h3,5-11,19H,2,4,12H2,1H3,(H,20,21). The number of benzene rings is 2. The molecule has 0 aliphatic carbocycles. The third kappa shape index (κ3) is 4.91. The van der Waals surface area contributed by atoms with Gasteiger partial charge in [-0.15, -0.1) is 0 Å². The fraction of sp³-hybridized carbons (Fsp3) is 0.235. The van der Waals surface area contributed by atoms with Crippen molar-refractivity contribution in [3.8, 4) is 0 Å². The van der Waals surface area contributed by atoms with Gasteiger partial charge >= 0.3 is 0 Å². The monoisotopic (exact) mass is 286 g/mol. The number of rotatable bonds is 6. The van der Waals surface area contributed by atoms with E-state index in [1.807, 2.05) is 12.1 Å². The van der Waals surface area contributed by atoms with E-state index in [0.717, 1.165) is 18.5 Å². The molecule has 3 nitrogen and oxygen atoms in total. The second-order valence-electron chi connectivity index (χ2n) is 4.86. The lowest BCUT2D eigenvalue weighted by molar-refractivity contribution is -0.114. The molecule has 0 fully saturated rings. The van der Waals surface area contributed by atoms with E-state index in [-0.39, 0.29) is 18.3 Å². The molecule has 2 aromatic rings. The maximum absolute atomic E-state index is 13.0. The third-order valence-corrected chi connectivity index (χ3v) is 3.05. The van der Waals surface area contributed by atoms with Gasteiger partial charge in [0.05, 0.1) is 6.54 Å². The second-order valence-corrected chi connectivity index (χ2v) is 4.86. The van der Waals surface area contributed by atoms with Crippen LogP contribution in [-0.4, -0.2) is 12.5 Å². The summed E-state index contributed by atoms with van der Waals surface area (Å²) in [4.78, 5) is 11.8. The van der Waals surface area contributed by atoms with Gasteiger partial charge in [-0.3, -0.25) is 4.79 Å². The van der Waals surface area contributed by atoms with Crippen LogP contribution in [-0.2, 0) is 11.2 Å². The van der Waals surface area contributed by atoms with Gasteiger partial charge in [0.15, 0.2) is 0 Å². The molecular weight excluding hydrogens is 267 g/mol. The predicted octanol–water partition coefficient (Wildman–Crippen LogP) is 3.83. The molecule has 4 heteroatoms.